The van der Waals surface area contributed by atoms with Gasteiger partial charge in [0.15, 0.2) is 0 Å². The van der Waals surface area contributed by atoms with Crippen LogP contribution in [0.1, 0.15) is 37.4 Å². The molecule has 0 fully saturated rings. The van der Waals surface area contributed by atoms with E-state index in [-0.39, 0.29) is 12.3 Å². The Hall–Kier alpha value is -1.65. The number of unbranched alkanes of at least 4 members (excludes halogenated alkanes) is 2. The summed E-state index contributed by atoms with van der Waals surface area (Å²) in [7, 11) is 0. The van der Waals surface area contributed by atoms with Crippen LogP contribution in [0.25, 0.3) is 0 Å². The lowest BCUT2D eigenvalue weighted by molar-refractivity contribution is 0.0875. The summed E-state index contributed by atoms with van der Waals surface area (Å²) in [5.41, 5.74) is -0.936. The fourth-order valence-electron chi connectivity index (χ4n) is 1.25. The van der Waals surface area contributed by atoms with Crippen LogP contribution in [0.4, 0.5) is 0 Å². The zero-order valence-electron chi connectivity index (χ0n) is 8.66. The molecule has 5 nitrogen and oxygen atoms in total. The van der Waals surface area contributed by atoms with Crippen LogP contribution in [0.2, 0.25) is 0 Å². The molecule has 1 rings (SSSR count). The summed E-state index contributed by atoms with van der Waals surface area (Å²) in [6, 6.07) is 2.20. The van der Waals surface area contributed by atoms with Gasteiger partial charge < -0.3 is 0 Å². The number of nitrogens with one attached hydrogen (secondary N) is 1. The first-order valence-electron chi connectivity index (χ1n) is 5.00. The van der Waals surface area contributed by atoms with Gasteiger partial charge in [-0.05, 0) is 6.42 Å². The molecule has 0 amide bonds. The summed E-state index contributed by atoms with van der Waals surface area (Å²) in [6.45, 7) is 2.03. The Balaban J connectivity index is 2.78. The quantitative estimate of drug-likeness (QED) is 0.745. The molecular formula is C10H14N2O3. The molecule has 1 aromatic heterocycles. The monoisotopic (exact) mass is 210 g/mol. The van der Waals surface area contributed by atoms with Crippen molar-refractivity contribution in [1.82, 2.24) is 9.78 Å². The molecule has 0 aliphatic carbocycles. The molecular weight excluding hydrogens is 196 g/mol. The van der Waals surface area contributed by atoms with Crippen LogP contribution in [0.5, 0.6) is 0 Å². The lowest BCUT2D eigenvalue weighted by Crippen LogP contribution is -2.32. The Labute approximate surface area is 86.7 Å². The molecule has 1 N–H and O–H groups in total. The van der Waals surface area contributed by atoms with Crippen LogP contribution in [0.3, 0.4) is 0 Å². The van der Waals surface area contributed by atoms with Crippen molar-refractivity contribution in [3.8, 4) is 0 Å². The minimum atomic E-state index is -0.490. The minimum Gasteiger partial charge on any atom is -0.273 e. The van der Waals surface area contributed by atoms with Crippen LogP contribution in [0, 0.1) is 0 Å². The van der Waals surface area contributed by atoms with E-state index in [0.717, 1.165) is 36.1 Å². The number of hydrogen-bond acceptors (Lipinski definition) is 3. The van der Waals surface area contributed by atoms with Gasteiger partial charge in [-0.2, -0.15) is 4.68 Å². The molecule has 15 heavy (non-hydrogen) atoms. The second-order valence-electron chi connectivity index (χ2n) is 3.33. The van der Waals surface area contributed by atoms with E-state index in [1.807, 2.05) is 6.92 Å². The third-order valence-corrected chi connectivity index (χ3v) is 2.06. The molecule has 1 heterocycles. The van der Waals surface area contributed by atoms with Crippen LogP contribution in [-0.2, 0) is 0 Å². The highest BCUT2D eigenvalue weighted by Crippen LogP contribution is 1.99. The average Bonchev–Trinajstić information content (AvgIpc) is 2.22. The van der Waals surface area contributed by atoms with Crippen molar-refractivity contribution in [2.24, 2.45) is 0 Å². The van der Waals surface area contributed by atoms with Crippen molar-refractivity contribution in [3.05, 3.63) is 32.8 Å². The van der Waals surface area contributed by atoms with Crippen molar-refractivity contribution in [1.29, 1.82) is 0 Å². The first-order chi connectivity index (χ1) is 7.15. The molecule has 0 radical (unpaired) electrons. The summed E-state index contributed by atoms with van der Waals surface area (Å²) in [4.78, 5) is 33.6. The van der Waals surface area contributed by atoms with Gasteiger partial charge in [-0.3, -0.25) is 19.5 Å². The highest BCUT2D eigenvalue weighted by atomic mass is 16.2. The van der Waals surface area contributed by atoms with E-state index in [1.165, 1.54) is 0 Å². The molecule has 0 aromatic carbocycles. The highest BCUT2D eigenvalue weighted by Gasteiger charge is 2.06. The molecule has 0 spiro atoms. The Morgan fingerprint density at radius 2 is 2.07 bits per heavy atom. The molecule has 0 aliphatic rings. The van der Waals surface area contributed by atoms with E-state index >= 15 is 0 Å². The number of nitrogens with zero attached hydrogens (tertiary/aromatic N) is 1. The highest BCUT2D eigenvalue weighted by molar-refractivity contribution is 5.77. The molecule has 0 saturated carbocycles. The van der Waals surface area contributed by atoms with Gasteiger partial charge in [0.1, 0.15) is 0 Å². The summed E-state index contributed by atoms with van der Waals surface area (Å²) < 4.78 is 0.776. The minimum absolute atomic E-state index is 0.285. The normalized spacial score (nSPS) is 10.2. The molecule has 0 saturated heterocycles. The molecule has 5 heteroatoms. The van der Waals surface area contributed by atoms with Crippen LogP contribution >= 0.6 is 0 Å². The van der Waals surface area contributed by atoms with Gasteiger partial charge >= 0.3 is 0 Å². The van der Waals surface area contributed by atoms with Gasteiger partial charge in [0.2, 0.25) is 5.91 Å². The number of aromatic nitrogens is 2. The number of aromatic amines is 1. The van der Waals surface area contributed by atoms with E-state index in [2.05, 4.69) is 5.10 Å². The number of carbonyl (C=O) groups is 1. The number of hydrogen-bond donors (Lipinski definition) is 1. The largest absolute Gasteiger partial charge is 0.273 e. The number of rotatable bonds is 4. The maximum atomic E-state index is 11.5. The number of carbonyl (C=O) groups excluding carboxylic acids is 1. The zero-order chi connectivity index (χ0) is 11.3. The van der Waals surface area contributed by atoms with Crippen molar-refractivity contribution in [3.63, 3.8) is 0 Å². The second-order valence-corrected chi connectivity index (χ2v) is 3.33. The molecule has 0 aliphatic heterocycles. The fourth-order valence-corrected chi connectivity index (χ4v) is 1.25. The van der Waals surface area contributed by atoms with E-state index in [0.29, 0.717) is 0 Å². The molecule has 0 bridgehead atoms. The Bertz CT molecular complexity index is 444. The summed E-state index contributed by atoms with van der Waals surface area (Å²) in [6.07, 6.45) is 2.97. The smallest absolute Gasteiger partial charge is 0.272 e. The van der Waals surface area contributed by atoms with Crippen LogP contribution in [0.15, 0.2) is 21.7 Å². The maximum Gasteiger partial charge on any atom is 0.272 e. The molecule has 82 valence electrons. The average molecular weight is 210 g/mol. The Morgan fingerprint density at radius 1 is 1.33 bits per heavy atom. The Kier molecular flexibility index (Phi) is 4.03. The van der Waals surface area contributed by atoms with Crippen molar-refractivity contribution >= 4 is 5.91 Å². The summed E-state index contributed by atoms with van der Waals surface area (Å²) >= 11 is 0. The van der Waals surface area contributed by atoms with E-state index < -0.39 is 11.1 Å². The van der Waals surface area contributed by atoms with Crippen molar-refractivity contribution in [2.45, 2.75) is 32.6 Å². The summed E-state index contributed by atoms with van der Waals surface area (Å²) in [5, 5.41) is 2.20. The van der Waals surface area contributed by atoms with Crippen LogP contribution in [-0.4, -0.2) is 15.7 Å². The van der Waals surface area contributed by atoms with Crippen molar-refractivity contribution in [2.75, 3.05) is 0 Å². The molecule has 0 atom stereocenters. The standard InChI is InChI=1S/C10H14N2O3/c1-2-3-4-5-9(14)12-10(15)7-6-8(13)11-12/h6-7H,2-5H2,1H3,(H,11,13). The fraction of sp³-hybridized carbons (Fsp3) is 0.500. The third kappa shape index (κ3) is 3.19. The van der Waals surface area contributed by atoms with Crippen LogP contribution < -0.4 is 11.1 Å². The predicted octanol–water partition coefficient (Wildman–Crippen LogP) is 0.757. The first kappa shape index (κ1) is 11.4. The van der Waals surface area contributed by atoms with E-state index in [9.17, 15) is 14.4 Å². The SMILES string of the molecule is CCCCCC(=O)n1[nH]c(=O)ccc1=O. The third-order valence-electron chi connectivity index (χ3n) is 2.06. The predicted molar refractivity (Wildman–Crippen MR) is 56.1 cm³/mol. The van der Waals surface area contributed by atoms with Crippen molar-refractivity contribution < 1.29 is 4.79 Å². The summed E-state index contributed by atoms with van der Waals surface area (Å²) in [5.74, 6) is -0.355. The first-order valence-corrected chi connectivity index (χ1v) is 5.00. The van der Waals surface area contributed by atoms with E-state index in [4.69, 9.17) is 0 Å². The second kappa shape index (κ2) is 5.29. The van der Waals surface area contributed by atoms with Gasteiger partial charge in [-0.15, -0.1) is 0 Å². The van der Waals surface area contributed by atoms with E-state index in [1.54, 1.807) is 0 Å². The number of H-pyrrole nitrogens is 1. The lowest BCUT2D eigenvalue weighted by Gasteiger charge is -2.02. The van der Waals surface area contributed by atoms with Gasteiger partial charge in [0, 0.05) is 18.6 Å². The van der Waals surface area contributed by atoms with Gasteiger partial charge in [-0.1, -0.05) is 19.8 Å². The lowest BCUT2D eigenvalue weighted by atomic mass is 10.2. The van der Waals surface area contributed by atoms with Gasteiger partial charge in [0.25, 0.3) is 11.1 Å². The van der Waals surface area contributed by atoms with Gasteiger partial charge in [0.05, 0.1) is 0 Å². The topological polar surface area (TPSA) is 71.9 Å². The zero-order valence-corrected chi connectivity index (χ0v) is 8.66. The molecule has 1 aromatic rings. The Morgan fingerprint density at radius 3 is 2.73 bits per heavy atom. The molecule has 0 unspecified atom stereocenters. The van der Waals surface area contributed by atoms with Gasteiger partial charge in [-0.25, -0.2) is 0 Å². The maximum absolute atomic E-state index is 11.5.